The highest BCUT2D eigenvalue weighted by Gasteiger charge is 2.04. The van der Waals surface area contributed by atoms with E-state index in [1.165, 1.54) is 5.01 Å². The second-order valence-electron chi connectivity index (χ2n) is 2.75. The van der Waals surface area contributed by atoms with E-state index in [9.17, 15) is 0 Å². The fraction of sp³-hybridized carbons (Fsp3) is 0.222. The Bertz CT molecular complexity index is 337. The Hall–Kier alpha value is -1.75. The highest BCUT2D eigenvalue weighted by molar-refractivity contribution is 5.94. The molecule has 1 aromatic carbocycles. The number of hydrogen-bond acceptors (Lipinski definition) is 4. The Morgan fingerprint density at radius 3 is 2.79 bits per heavy atom. The van der Waals surface area contributed by atoms with E-state index in [0.29, 0.717) is 5.84 Å². The van der Waals surface area contributed by atoms with Crippen molar-refractivity contribution in [3.05, 3.63) is 24.3 Å². The Kier molecular flexibility index (Phi) is 3.30. The molecule has 4 N–H and O–H groups in total. The van der Waals surface area contributed by atoms with Crippen LogP contribution in [0.1, 0.15) is 6.92 Å². The van der Waals surface area contributed by atoms with Crippen molar-refractivity contribution in [2.45, 2.75) is 6.92 Å². The van der Waals surface area contributed by atoms with Gasteiger partial charge in [0.05, 0.1) is 12.8 Å². The van der Waals surface area contributed by atoms with Crippen LogP contribution in [-0.2, 0) is 0 Å². The fourth-order valence-corrected chi connectivity index (χ4v) is 1.01. The van der Waals surface area contributed by atoms with E-state index in [4.69, 9.17) is 16.4 Å². The van der Waals surface area contributed by atoms with Crippen LogP contribution in [0, 0.1) is 0 Å². The normalized spacial score (nSPS) is 11.2. The van der Waals surface area contributed by atoms with Crippen LogP contribution in [0.3, 0.4) is 0 Å². The lowest BCUT2D eigenvalue weighted by Crippen LogP contribution is -2.36. The average molecular weight is 194 g/mol. The fourth-order valence-electron chi connectivity index (χ4n) is 1.01. The summed E-state index contributed by atoms with van der Waals surface area (Å²) in [7, 11) is 1.60. The second kappa shape index (κ2) is 4.48. The van der Waals surface area contributed by atoms with E-state index >= 15 is 0 Å². The maximum Gasteiger partial charge on any atom is 0.140 e. The number of hydrazine groups is 1. The third-order valence-electron chi connectivity index (χ3n) is 1.87. The molecule has 0 heterocycles. The first-order valence-electron chi connectivity index (χ1n) is 4.12. The molecule has 5 heteroatoms. The van der Waals surface area contributed by atoms with Crippen LogP contribution in [0.2, 0.25) is 0 Å². The molecular weight excluding hydrogens is 180 g/mol. The summed E-state index contributed by atoms with van der Waals surface area (Å²) in [6, 6.07) is 7.33. The number of anilines is 1. The lowest BCUT2D eigenvalue weighted by atomic mass is 10.3. The van der Waals surface area contributed by atoms with Crippen LogP contribution in [0.5, 0.6) is 5.75 Å². The van der Waals surface area contributed by atoms with Crippen molar-refractivity contribution in [1.82, 2.24) is 0 Å². The summed E-state index contributed by atoms with van der Waals surface area (Å²) in [5, 5.41) is 4.89. The quantitative estimate of drug-likeness (QED) is 0.314. The first-order chi connectivity index (χ1) is 6.69. The van der Waals surface area contributed by atoms with Gasteiger partial charge in [0, 0.05) is 6.07 Å². The number of benzene rings is 1. The summed E-state index contributed by atoms with van der Waals surface area (Å²) in [5.41, 5.74) is 0.774. The number of nitrogens with two attached hydrogens (primary N) is 2. The molecule has 0 fully saturated rings. The molecule has 1 rings (SSSR count). The van der Waals surface area contributed by atoms with Gasteiger partial charge in [-0.1, -0.05) is 6.07 Å². The third-order valence-corrected chi connectivity index (χ3v) is 1.87. The van der Waals surface area contributed by atoms with Gasteiger partial charge in [0.2, 0.25) is 0 Å². The predicted octanol–water partition coefficient (Wildman–Crippen LogP) is 0.667. The number of nitrogens with zero attached hydrogens (tertiary/aromatic N) is 2. The van der Waals surface area contributed by atoms with Gasteiger partial charge in [-0.25, -0.2) is 5.84 Å². The second-order valence-corrected chi connectivity index (χ2v) is 2.75. The summed E-state index contributed by atoms with van der Waals surface area (Å²) in [4.78, 5) is 0. The first-order valence-corrected chi connectivity index (χ1v) is 4.12. The first kappa shape index (κ1) is 10.3. The molecule has 0 radical (unpaired) electrons. The zero-order chi connectivity index (χ0) is 10.6. The predicted molar refractivity (Wildman–Crippen MR) is 57.0 cm³/mol. The number of methoxy groups -OCH3 is 1. The number of hydrazone groups is 1. The molecule has 5 nitrogen and oxygen atoms in total. The van der Waals surface area contributed by atoms with Gasteiger partial charge in [-0.3, -0.25) is 5.01 Å². The highest BCUT2D eigenvalue weighted by atomic mass is 16.5. The van der Waals surface area contributed by atoms with Crippen molar-refractivity contribution < 1.29 is 4.74 Å². The van der Waals surface area contributed by atoms with E-state index in [0.717, 1.165) is 11.4 Å². The van der Waals surface area contributed by atoms with E-state index < -0.39 is 0 Å². The van der Waals surface area contributed by atoms with Crippen molar-refractivity contribution in [2.75, 3.05) is 12.1 Å². The van der Waals surface area contributed by atoms with Gasteiger partial charge >= 0.3 is 0 Å². The molecule has 0 amide bonds. The molecule has 14 heavy (non-hydrogen) atoms. The Morgan fingerprint density at radius 1 is 1.50 bits per heavy atom. The van der Waals surface area contributed by atoms with Gasteiger partial charge in [0.1, 0.15) is 11.6 Å². The molecule has 0 aliphatic rings. The molecule has 76 valence electrons. The van der Waals surface area contributed by atoms with E-state index in [2.05, 4.69) is 5.10 Å². The van der Waals surface area contributed by atoms with Crippen LogP contribution < -0.4 is 21.4 Å². The summed E-state index contributed by atoms with van der Waals surface area (Å²) >= 11 is 0. The largest absolute Gasteiger partial charge is 0.497 e. The van der Waals surface area contributed by atoms with Crippen LogP contribution in [0.25, 0.3) is 0 Å². The maximum atomic E-state index is 5.74. The maximum absolute atomic E-state index is 5.74. The number of amidine groups is 1. The average Bonchev–Trinajstić information content (AvgIpc) is 2.27. The highest BCUT2D eigenvalue weighted by Crippen LogP contribution is 2.18. The van der Waals surface area contributed by atoms with Crippen molar-refractivity contribution in [3.8, 4) is 5.75 Å². The van der Waals surface area contributed by atoms with Crippen molar-refractivity contribution >= 4 is 11.5 Å². The van der Waals surface area contributed by atoms with Crippen molar-refractivity contribution in [2.24, 2.45) is 16.8 Å². The Morgan fingerprint density at radius 2 is 2.21 bits per heavy atom. The lowest BCUT2D eigenvalue weighted by Gasteiger charge is -2.17. The SMILES string of the molecule is COc1cccc(N(N)/C(C)=N\N)c1. The van der Waals surface area contributed by atoms with Gasteiger partial charge in [-0.15, -0.1) is 0 Å². The van der Waals surface area contributed by atoms with Gasteiger partial charge in [0.15, 0.2) is 0 Å². The molecule has 0 bridgehead atoms. The van der Waals surface area contributed by atoms with Gasteiger partial charge in [-0.2, -0.15) is 5.10 Å². The Labute approximate surface area is 82.9 Å². The summed E-state index contributed by atoms with van der Waals surface area (Å²) in [5.74, 6) is 12.1. The smallest absolute Gasteiger partial charge is 0.140 e. The number of hydrogen-bond donors (Lipinski definition) is 2. The van der Waals surface area contributed by atoms with Crippen LogP contribution >= 0.6 is 0 Å². The molecule has 1 aromatic rings. The van der Waals surface area contributed by atoms with Gasteiger partial charge in [-0.05, 0) is 19.1 Å². The minimum absolute atomic E-state index is 0.526. The van der Waals surface area contributed by atoms with Crippen molar-refractivity contribution in [3.63, 3.8) is 0 Å². The lowest BCUT2D eigenvalue weighted by molar-refractivity contribution is 0.415. The minimum atomic E-state index is 0.526. The zero-order valence-electron chi connectivity index (χ0n) is 8.27. The molecule has 0 saturated heterocycles. The van der Waals surface area contributed by atoms with E-state index in [-0.39, 0.29) is 0 Å². The Balaban J connectivity index is 2.95. The standard InChI is InChI=1S/C9H14N4O/c1-7(12-10)13(11)8-4-3-5-9(6-8)14-2/h3-6H,10-11H2,1-2H3/b12-7-. The summed E-state index contributed by atoms with van der Waals surface area (Å²) < 4.78 is 5.07. The minimum Gasteiger partial charge on any atom is -0.497 e. The monoisotopic (exact) mass is 194 g/mol. The molecule has 0 aromatic heterocycles. The molecule has 0 saturated carbocycles. The number of ether oxygens (including phenoxy) is 1. The van der Waals surface area contributed by atoms with E-state index in [1.54, 1.807) is 20.1 Å². The number of rotatable bonds is 2. The zero-order valence-corrected chi connectivity index (χ0v) is 8.27. The molecule has 0 aliphatic heterocycles. The summed E-state index contributed by atoms with van der Waals surface area (Å²) in [6.45, 7) is 1.72. The van der Waals surface area contributed by atoms with Crippen molar-refractivity contribution in [1.29, 1.82) is 0 Å². The van der Waals surface area contributed by atoms with Gasteiger partial charge < -0.3 is 10.6 Å². The molecule has 0 aliphatic carbocycles. The van der Waals surface area contributed by atoms with Crippen LogP contribution in [0.15, 0.2) is 29.4 Å². The molecule has 0 spiro atoms. The molecule has 0 unspecified atom stereocenters. The topological polar surface area (TPSA) is 76.9 Å². The van der Waals surface area contributed by atoms with Crippen LogP contribution in [-0.4, -0.2) is 12.9 Å². The molecule has 0 atom stereocenters. The molecular formula is C9H14N4O. The summed E-state index contributed by atoms with van der Waals surface area (Å²) in [6.07, 6.45) is 0. The van der Waals surface area contributed by atoms with E-state index in [1.807, 2.05) is 18.2 Å². The van der Waals surface area contributed by atoms with Crippen LogP contribution in [0.4, 0.5) is 5.69 Å². The van der Waals surface area contributed by atoms with Gasteiger partial charge in [0.25, 0.3) is 0 Å². The third kappa shape index (κ3) is 2.14.